The Morgan fingerprint density at radius 2 is 1.13 bits per heavy atom. The van der Waals surface area contributed by atoms with Gasteiger partial charge in [0.1, 0.15) is 54.7 Å². The summed E-state index contributed by atoms with van der Waals surface area (Å²) in [5.41, 5.74) is 9.79. The van der Waals surface area contributed by atoms with Crippen molar-refractivity contribution in [1.29, 1.82) is 0 Å². The maximum absolute atomic E-state index is 11.7. The number of aromatic nitrogens is 2. The molecule has 77 heavy (non-hydrogen) atoms. The van der Waals surface area contributed by atoms with Gasteiger partial charge < -0.3 is 57.3 Å². The monoisotopic (exact) mass is 1100 g/mol. The normalized spacial score (nSPS) is 15.9. The van der Waals surface area contributed by atoms with Crippen molar-refractivity contribution in [3.8, 4) is 38.1 Å². The van der Waals surface area contributed by atoms with Crippen molar-refractivity contribution in [3.63, 3.8) is 0 Å². The molecule has 0 unspecified atom stereocenters. The minimum Gasteiger partial charge on any atom is -0.490 e. The number of rotatable bonds is 12. The molecule has 0 saturated carbocycles. The third-order valence-corrected chi connectivity index (χ3v) is 15.7. The number of esters is 1. The Morgan fingerprint density at radius 3 is 1.70 bits per heavy atom. The second-order valence-electron chi connectivity index (χ2n) is 18.4. The lowest BCUT2D eigenvalue weighted by molar-refractivity contribution is -0.138. The number of hydrogen-bond acceptors (Lipinski definition) is 18. The first kappa shape index (κ1) is 55.4. The Morgan fingerprint density at radius 1 is 0.597 bits per heavy atom. The molecule has 18 heteroatoms. The Hall–Kier alpha value is -6.35. The molecular formula is C59H67N5O10S3. The molecule has 0 amide bonds. The Bertz CT molecular complexity index is 2970. The first-order chi connectivity index (χ1) is 37.8. The van der Waals surface area contributed by atoms with Crippen LogP contribution in [0.5, 0.6) is 17.2 Å². The van der Waals surface area contributed by atoms with E-state index in [1.54, 1.807) is 29.8 Å². The number of methoxy groups -OCH3 is 1. The van der Waals surface area contributed by atoms with E-state index in [1.807, 2.05) is 12.1 Å². The van der Waals surface area contributed by atoms with Gasteiger partial charge in [-0.2, -0.15) is 8.75 Å². The van der Waals surface area contributed by atoms with E-state index in [0.717, 1.165) is 92.7 Å². The van der Waals surface area contributed by atoms with Gasteiger partial charge in [0.25, 0.3) is 0 Å². The molecule has 15 nitrogen and oxygen atoms in total. The van der Waals surface area contributed by atoms with E-state index in [2.05, 4.69) is 126 Å². The lowest BCUT2D eigenvalue weighted by Gasteiger charge is -2.30. The molecule has 3 aromatic heterocycles. The van der Waals surface area contributed by atoms with Crippen LogP contribution in [0.3, 0.4) is 0 Å². The average molecular weight is 1100 g/mol. The van der Waals surface area contributed by atoms with E-state index in [1.165, 1.54) is 17.8 Å². The number of carbonyl (C=O) groups excluding carboxylic acids is 1. The highest BCUT2D eigenvalue weighted by Crippen LogP contribution is 2.40. The second kappa shape index (κ2) is 28.3. The lowest BCUT2D eigenvalue weighted by Crippen LogP contribution is -2.34. The second-order valence-corrected chi connectivity index (χ2v) is 21.2. The van der Waals surface area contributed by atoms with Crippen LogP contribution in [0.1, 0.15) is 26.4 Å². The van der Waals surface area contributed by atoms with Gasteiger partial charge in [0.15, 0.2) is 0 Å². The standard InChI is InChI=1S/C59H67N5O10S3/c1-5-57(65)74-41-46-12-19-56(76-46)48-14-13-47(58-59(48)61-77-60-58)55-18-11-45(75-55)10-8-44-9-17-51(54(40-44)73-37-32-66-4)64-24-30-71-52-38-42(2)6-15-49(52)62-20-26-67-33-35-69-28-22-63(23-29-70-36-34-68-27-21-62)50-16-7-43(3)39-53(50)72-31-25-64/h5-19,38-40H,1,20-37,41H2,2-4H3. The van der Waals surface area contributed by atoms with Crippen LogP contribution >= 0.6 is 34.4 Å². The summed E-state index contributed by atoms with van der Waals surface area (Å²) in [7, 11) is 1.68. The number of hydrogen-bond donors (Lipinski definition) is 0. The van der Waals surface area contributed by atoms with Gasteiger partial charge in [-0.25, -0.2) is 4.79 Å². The molecule has 3 aliphatic rings. The molecule has 10 rings (SSSR count). The van der Waals surface area contributed by atoms with E-state index >= 15 is 0 Å². The lowest BCUT2D eigenvalue weighted by atomic mass is 10.1. The average Bonchev–Trinajstić information content (AvgIpc) is 4.32. The minimum atomic E-state index is -0.446. The van der Waals surface area contributed by atoms with E-state index in [0.29, 0.717) is 119 Å². The Kier molecular flexibility index (Phi) is 20.4. The van der Waals surface area contributed by atoms with Gasteiger partial charge in [-0.05, 0) is 97.3 Å². The van der Waals surface area contributed by atoms with Gasteiger partial charge in [0.2, 0.25) is 0 Å². The minimum absolute atomic E-state index is 0.194. The molecule has 6 heterocycles. The van der Waals surface area contributed by atoms with Gasteiger partial charge in [-0.1, -0.05) is 43.0 Å². The first-order valence-corrected chi connectivity index (χ1v) is 28.4. The molecule has 1 saturated heterocycles. The largest absolute Gasteiger partial charge is 0.490 e. The molecule has 0 aliphatic carbocycles. The fraction of sp³-hybridized carbons (Fsp3) is 0.373. The number of aryl methyl sites for hydroxylation is 2. The van der Waals surface area contributed by atoms with Crippen molar-refractivity contribution >= 4 is 80.6 Å². The highest BCUT2D eigenvalue weighted by molar-refractivity contribution is 7.16. The Balaban J connectivity index is 0.989. The predicted octanol–water partition coefficient (Wildman–Crippen LogP) is 10.9. The van der Waals surface area contributed by atoms with Crippen molar-refractivity contribution in [1.82, 2.24) is 8.75 Å². The van der Waals surface area contributed by atoms with E-state index in [-0.39, 0.29) is 6.61 Å². The SMILES string of the molecule is C=CC(=O)OCc1ccc(-c2ccc(-c3ccc(C=Cc4ccc(N5CCOc6cc(C)ccc6N6CCOCCOCCN(CCOCCOCC6)c6ccc(C)cc6OCC5)c(OCCOC)c4)s3)c3nsnc23)s1. The first-order valence-electron chi connectivity index (χ1n) is 26.0. The van der Waals surface area contributed by atoms with Gasteiger partial charge in [-0.15, -0.1) is 22.7 Å². The van der Waals surface area contributed by atoms with E-state index in [4.69, 9.17) is 51.4 Å². The summed E-state index contributed by atoms with van der Waals surface area (Å²) in [5.74, 6) is 1.88. The van der Waals surface area contributed by atoms with Crippen LogP contribution in [0.4, 0.5) is 17.1 Å². The topological polar surface area (TPSA) is 136 Å². The smallest absolute Gasteiger partial charge is 0.330 e. The van der Waals surface area contributed by atoms with Gasteiger partial charge in [-0.3, -0.25) is 0 Å². The molecule has 406 valence electrons. The van der Waals surface area contributed by atoms with Gasteiger partial charge >= 0.3 is 5.97 Å². The van der Waals surface area contributed by atoms with Gasteiger partial charge in [0, 0.05) is 70.0 Å². The molecular weight excluding hydrogens is 1030 g/mol. The quantitative estimate of drug-likeness (QED) is 0.0496. The zero-order valence-corrected chi connectivity index (χ0v) is 46.5. The number of anilines is 3. The zero-order chi connectivity index (χ0) is 53.2. The van der Waals surface area contributed by atoms with Crippen molar-refractivity contribution in [2.24, 2.45) is 0 Å². The number of nitrogens with zero attached hydrogens (tertiary/aromatic N) is 5. The summed E-state index contributed by atoms with van der Waals surface area (Å²) in [6, 6.07) is 31.6. The molecule has 3 aliphatic heterocycles. The number of benzene rings is 4. The third kappa shape index (κ3) is 15.2. The molecule has 0 N–H and O–H groups in total. The summed E-state index contributed by atoms with van der Waals surface area (Å²) in [6.45, 7) is 17.2. The zero-order valence-electron chi connectivity index (χ0n) is 44.1. The molecule has 0 spiro atoms. The van der Waals surface area contributed by atoms with Crippen molar-refractivity contribution in [3.05, 3.63) is 130 Å². The molecule has 0 atom stereocenters. The number of fused-ring (bicyclic) bond motifs is 21. The molecule has 7 aromatic rings. The summed E-state index contributed by atoms with van der Waals surface area (Å²) in [6.07, 6.45) is 5.42. The number of carbonyl (C=O) groups is 1. The van der Waals surface area contributed by atoms with E-state index < -0.39 is 5.97 Å². The maximum atomic E-state index is 11.7. The third-order valence-electron chi connectivity index (χ3n) is 13.0. The molecule has 1 fully saturated rings. The van der Waals surface area contributed by atoms with Crippen molar-refractivity contribution in [2.75, 3.05) is 140 Å². The number of ether oxygens (including phenoxy) is 9. The van der Waals surface area contributed by atoms with Gasteiger partial charge in [0.05, 0.1) is 101 Å². The van der Waals surface area contributed by atoms with Crippen LogP contribution in [-0.2, 0) is 39.8 Å². The summed E-state index contributed by atoms with van der Waals surface area (Å²) < 4.78 is 64.8. The molecule has 4 aromatic carbocycles. The Labute approximate surface area is 463 Å². The highest BCUT2D eigenvalue weighted by atomic mass is 32.1. The predicted molar refractivity (Wildman–Crippen MR) is 310 cm³/mol. The maximum Gasteiger partial charge on any atom is 0.330 e. The van der Waals surface area contributed by atoms with E-state index in [9.17, 15) is 4.79 Å². The molecule has 0 radical (unpaired) electrons. The number of thiophene rings is 2. The summed E-state index contributed by atoms with van der Waals surface area (Å²) >= 11 is 4.46. The van der Waals surface area contributed by atoms with Crippen LogP contribution in [-0.4, -0.2) is 140 Å². The van der Waals surface area contributed by atoms with Crippen molar-refractivity contribution < 1.29 is 47.4 Å². The van der Waals surface area contributed by atoms with Crippen LogP contribution in [0.15, 0.2) is 104 Å². The van der Waals surface area contributed by atoms with Crippen molar-refractivity contribution in [2.45, 2.75) is 20.5 Å². The van der Waals surface area contributed by atoms with Crippen LogP contribution in [0.25, 0.3) is 44.1 Å². The summed E-state index contributed by atoms with van der Waals surface area (Å²) in [4.78, 5) is 22.6. The van der Waals surface area contributed by atoms with Crippen LogP contribution in [0, 0.1) is 13.8 Å². The fourth-order valence-electron chi connectivity index (χ4n) is 9.01. The van der Waals surface area contributed by atoms with Crippen LogP contribution in [0.2, 0.25) is 0 Å². The van der Waals surface area contributed by atoms with Crippen LogP contribution < -0.4 is 28.9 Å². The highest BCUT2D eigenvalue weighted by Gasteiger charge is 2.21. The summed E-state index contributed by atoms with van der Waals surface area (Å²) in [5, 5.41) is 0. The molecule has 2 bridgehead atoms. The fourth-order valence-corrected chi connectivity index (χ4v) is 11.5.